The first kappa shape index (κ1) is 26.5. The van der Waals surface area contributed by atoms with Crippen LogP contribution in [0.1, 0.15) is 38.8 Å². The van der Waals surface area contributed by atoms with Gasteiger partial charge in [0.05, 0.1) is 24.6 Å². The summed E-state index contributed by atoms with van der Waals surface area (Å²) in [5, 5.41) is 16.4. The standard InChI is InChI=1S/C27H33FN6O2Si/c1-26(2,3)37(6,7)36-16-27(4)15-32-22-18(13-29)11-17(12-19(22)27)23-20(28)14-31-25(34-23)33-21-9-8-10-30-24(21)35-5/h8-12,14,32H,15-16H2,1-7H3,(H,31,33,34). The van der Waals surface area contributed by atoms with Gasteiger partial charge in [-0.1, -0.05) is 27.7 Å². The average molecular weight is 521 g/mol. The maximum absolute atomic E-state index is 15.0. The number of hydrogen-bond acceptors (Lipinski definition) is 8. The van der Waals surface area contributed by atoms with Gasteiger partial charge < -0.3 is 19.8 Å². The second kappa shape index (κ2) is 9.72. The van der Waals surface area contributed by atoms with E-state index in [1.54, 1.807) is 24.4 Å². The first-order chi connectivity index (χ1) is 17.4. The first-order valence-electron chi connectivity index (χ1n) is 12.1. The quantitative estimate of drug-likeness (QED) is 0.365. The highest BCUT2D eigenvalue weighted by atomic mass is 28.4. The number of hydrogen-bond donors (Lipinski definition) is 2. The van der Waals surface area contributed by atoms with Gasteiger partial charge >= 0.3 is 0 Å². The lowest BCUT2D eigenvalue weighted by atomic mass is 9.83. The normalized spacial score (nSPS) is 17.1. The molecule has 8 nitrogen and oxygen atoms in total. The molecule has 3 heterocycles. The molecule has 0 saturated carbocycles. The van der Waals surface area contributed by atoms with Crippen molar-refractivity contribution in [3.8, 4) is 23.2 Å². The summed E-state index contributed by atoms with van der Waals surface area (Å²) in [5.41, 5.74) is 2.87. The number of anilines is 3. The minimum absolute atomic E-state index is 0.0718. The van der Waals surface area contributed by atoms with Crippen molar-refractivity contribution in [2.45, 2.75) is 51.2 Å². The van der Waals surface area contributed by atoms with E-state index in [2.05, 4.69) is 72.4 Å². The Morgan fingerprint density at radius 2 is 2.03 bits per heavy atom. The summed E-state index contributed by atoms with van der Waals surface area (Å²) in [6.45, 7) is 14.3. The smallest absolute Gasteiger partial charge is 0.237 e. The summed E-state index contributed by atoms with van der Waals surface area (Å²) < 4.78 is 26.9. The van der Waals surface area contributed by atoms with Crippen LogP contribution in [-0.2, 0) is 9.84 Å². The van der Waals surface area contributed by atoms with E-state index in [4.69, 9.17) is 9.16 Å². The number of pyridine rings is 1. The van der Waals surface area contributed by atoms with Crippen molar-refractivity contribution < 1.29 is 13.6 Å². The Kier molecular flexibility index (Phi) is 6.97. The molecule has 2 N–H and O–H groups in total. The average Bonchev–Trinajstić information content (AvgIpc) is 3.20. The minimum Gasteiger partial charge on any atom is -0.480 e. The lowest BCUT2D eigenvalue weighted by molar-refractivity contribution is 0.220. The number of fused-ring (bicyclic) bond motifs is 1. The number of halogens is 1. The molecule has 0 fully saturated rings. The molecule has 0 bridgehead atoms. The van der Waals surface area contributed by atoms with Gasteiger partial charge in [-0.2, -0.15) is 5.26 Å². The Morgan fingerprint density at radius 1 is 1.27 bits per heavy atom. The highest BCUT2D eigenvalue weighted by Crippen LogP contribution is 2.44. The zero-order chi connectivity index (χ0) is 27.0. The van der Waals surface area contributed by atoms with Crippen LogP contribution in [-0.4, -0.2) is 43.5 Å². The molecule has 194 valence electrons. The molecule has 10 heteroatoms. The van der Waals surface area contributed by atoms with Gasteiger partial charge in [-0.25, -0.2) is 19.3 Å². The number of benzene rings is 1. The molecule has 1 unspecified atom stereocenters. The van der Waals surface area contributed by atoms with Crippen LogP contribution >= 0.6 is 0 Å². The monoisotopic (exact) mass is 520 g/mol. The van der Waals surface area contributed by atoms with E-state index in [1.165, 1.54) is 7.11 Å². The van der Waals surface area contributed by atoms with Crippen molar-refractivity contribution in [1.29, 1.82) is 5.26 Å². The van der Waals surface area contributed by atoms with Crippen LogP contribution in [0.25, 0.3) is 11.3 Å². The molecule has 2 aromatic heterocycles. The van der Waals surface area contributed by atoms with Crippen LogP contribution in [0.4, 0.5) is 21.7 Å². The number of rotatable bonds is 7. The maximum atomic E-state index is 15.0. The molecule has 1 aliphatic heterocycles. The summed E-state index contributed by atoms with van der Waals surface area (Å²) >= 11 is 0. The third-order valence-corrected chi connectivity index (χ3v) is 11.8. The third kappa shape index (κ3) is 5.15. The van der Waals surface area contributed by atoms with E-state index >= 15 is 4.39 Å². The zero-order valence-corrected chi connectivity index (χ0v) is 23.4. The van der Waals surface area contributed by atoms with Crippen LogP contribution in [0.3, 0.4) is 0 Å². The summed E-state index contributed by atoms with van der Waals surface area (Å²) in [4.78, 5) is 12.7. The van der Waals surface area contributed by atoms with Crippen molar-refractivity contribution >= 4 is 25.6 Å². The molecule has 3 aromatic rings. The fourth-order valence-corrected chi connectivity index (χ4v) is 5.11. The van der Waals surface area contributed by atoms with Crippen LogP contribution in [0.2, 0.25) is 18.1 Å². The van der Waals surface area contributed by atoms with Crippen LogP contribution in [0, 0.1) is 17.1 Å². The largest absolute Gasteiger partial charge is 0.480 e. The molecule has 0 spiro atoms. The lowest BCUT2D eigenvalue weighted by Crippen LogP contribution is -2.45. The zero-order valence-electron chi connectivity index (χ0n) is 22.4. The number of methoxy groups -OCH3 is 1. The fraction of sp³-hybridized carbons (Fsp3) is 0.407. The fourth-order valence-electron chi connectivity index (χ4n) is 4.00. The molecule has 0 saturated heterocycles. The van der Waals surface area contributed by atoms with Gasteiger partial charge in [-0.15, -0.1) is 0 Å². The Hall–Kier alpha value is -3.55. The van der Waals surface area contributed by atoms with E-state index in [9.17, 15) is 5.26 Å². The van der Waals surface area contributed by atoms with Gasteiger partial charge in [0.15, 0.2) is 14.1 Å². The molecule has 37 heavy (non-hydrogen) atoms. The van der Waals surface area contributed by atoms with Crippen molar-refractivity contribution in [3.63, 3.8) is 0 Å². The number of nitrogens with one attached hydrogen (secondary N) is 2. The Labute approximate surface area is 218 Å². The molecule has 0 radical (unpaired) electrons. The predicted octanol–water partition coefficient (Wildman–Crippen LogP) is 6.01. The molecule has 0 aliphatic carbocycles. The third-order valence-electron chi connectivity index (χ3n) is 7.35. The topological polar surface area (TPSA) is 105 Å². The highest BCUT2D eigenvalue weighted by Gasteiger charge is 2.42. The van der Waals surface area contributed by atoms with Crippen molar-refractivity contribution in [3.05, 3.63) is 53.6 Å². The van der Waals surface area contributed by atoms with E-state index in [1.807, 2.05) is 6.07 Å². The van der Waals surface area contributed by atoms with E-state index in [-0.39, 0.29) is 22.1 Å². The molecule has 4 rings (SSSR count). The van der Waals surface area contributed by atoms with Crippen molar-refractivity contribution in [2.24, 2.45) is 0 Å². The van der Waals surface area contributed by atoms with Gasteiger partial charge in [0, 0.05) is 30.3 Å². The summed E-state index contributed by atoms with van der Waals surface area (Å²) in [6.07, 6.45) is 2.72. The SMILES string of the molecule is COc1ncccc1Nc1ncc(F)c(-c2cc(C#N)c3c(c2)C(C)(CO[Si](C)(C)C(C)(C)C)CN3)n1. The summed E-state index contributed by atoms with van der Waals surface area (Å²) in [7, 11) is -0.486. The van der Waals surface area contributed by atoms with Gasteiger partial charge in [0.2, 0.25) is 11.8 Å². The van der Waals surface area contributed by atoms with Crippen LogP contribution in [0.5, 0.6) is 5.88 Å². The number of nitriles is 1. The first-order valence-corrected chi connectivity index (χ1v) is 15.0. The highest BCUT2D eigenvalue weighted by molar-refractivity contribution is 6.74. The van der Waals surface area contributed by atoms with Gasteiger partial charge in [0.25, 0.3) is 0 Å². The van der Waals surface area contributed by atoms with Gasteiger partial charge in [-0.3, -0.25) is 0 Å². The van der Waals surface area contributed by atoms with Crippen LogP contribution in [0.15, 0.2) is 36.7 Å². The van der Waals surface area contributed by atoms with E-state index < -0.39 is 14.1 Å². The van der Waals surface area contributed by atoms with E-state index in [0.717, 1.165) is 17.4 Å². The predicted molar refractivity (Wildman–Crippen MR) is 145 cm³/mol. The van der Waals surface area contributed by atoms with E-state index in [0.29, 0.717) is 35.8 Å². The molecule has 1 aliphatic rings. The van der Waals surface area contributed by atoms with Crippen molar-refractivity contribution in [1.82, 2.24) is 15.0 Å². The molecule has 1 atom stereocenters. The second-order valence-electron chi connectivity index (χ2n) is 11.1. The number of aromatic nitrogens is 3. The van der Waals surface area contributed by atoms with Gasteiger partial charge in [-0.05, 0) is 48.0 Å². The maximum Gasteiger partial charge on any atom is 0.237 e. The molecular weight excluding hydrogens is 487 g/mol. The number of ether oxygens (including phenoxy) is 1. The Morgan fingerprint density at radius 3 is 2.70 bits per heavy atom. The van der Waals surface area contributed by atoms with Gasteiger partial charge in [0.1, 0.15) is 17.5 Å². The number of nitrogens with zero attached hydrogens (tertiary/aromatic N) is 4. The molecule has 0 amide bonds. The Balaban J connectivity index is 1.72. The molecule has 1 aromatic carbocycles. The van der Waals surface area contributed by atoms with Crippen molar-refractivity contribution in [2.75, 3.05) is 30.9 Å². The minimum atomic E-state index is -2.00. The van der Waals surface area contributed by atoms with Crippen LogP contribution < -0.4 is 15.4 Å². The molecular formula is C27H33FN6O2Si. The second-order valence-corrected chi connectivity index (χ2v) is 15.9. The Bertz CT molecular complexity index is 1370. The summed E-state index contributed by atoms with van der Waals surface area (Å²) in [6, 6.07) is 9.34. The summed E-state index contributed by atoms with van der Waals surface area (Å²) in [5.74, 6) is -0.0357. The lowest BCUT2D eigenvalue weighted by Gasteiger charge is -2.39.